The van der Waals surface area contributed by atoms with Gasteiger partial charge < -0.3 is 15.0 Å². The predicted molar refractivity (Wildman–Crippen MR) is 81.5 cm³/mol. The third-order valence-corrected chi connectivity index (χ3v) is 3.22. The summed E-state index contributed by atoms with van der Waals surface area (Å²) in [5.41, 5.74) is 3.56. The number of nitrogens with zero attached hydrogens (tertiary/aromatic N) is 3. The molecule has 0 aliphatic heterocycles. The highest BCUT2D eigenvalue weighted by atomic mass is 16.3. The van der Waals surface area contributed by atoms with Gasteiger partial charge in [0.25, 0.3) is 0 Å². The zero-order valence-electron chi connectivity index (χ0n) is 11.7. The molecule has 0 aliphatic rings. The lowest BCUT2D eigenvalue weighted by Gasteiger charge is -2.09. The van der Waals surface area contributed by atoms with E-state index in [-0.39, 0.29) is 5.75 Å². The second kappa shape index (κ2) is 5.66. The molecule has 106 valence electrons. The molecule has 2 aromatic heterocycles. The lowest BCUT2D eigenvalue weighted by atomic mass is 10.2. The second-order valence-electron chi connectivity index (χ2n) is 4.79. The van der Waals surface area contributed by atoms with Crippen LogP contribution in [0.2, 0.25) is 0 Å². The first-order valence-corrected chi connectivity index (χ1v) is 6.70. The van der Waals surface area contributed by atoms with Gasteiger partial charge in [-0.05, 0) is 43.3 Å². The summed E-state index contributed by atoms with van der Waals surface area (Å²) in [5, 5.41) is 13.0. The number of imidazole rings is 1. The monoisotopic (exact) mass is 280 g/mol. The van der Waals surface area contributed by atoms with Crippen LogP contribution in [0.1, 0.15) is 11.4 Å². The molecule has 0 spiro atoms. The van der Waals surface area contributed by atoms with Crippen molar-refractivity contribution in [2.75, 3.05) is 5.32 Å². The minimum atomic E-state index is 0.211. The summed E-state index contributed by atoms with van der Waals surface area (Å²) in [6.07, 6.45) is 5.41. The molecule has 21 heavy (non-hydrogen) atoms. The van der Waals surface area contributed by atoms with Crippen LogP contribution in [-0.4, -0.2) is 19.6 Å². The van der Waals surface area contributed by atoms with Gasteiger partial charge in [-0.15, -0.1) is 0 Å². The van der Waals surface area contributed by atoms with Crippen molar-refractivity contribution in [1.29, 1.82) is 0 Å². The van der Waals surface area contributed by atoms with E-state index in [0.29, 0.717) is 12.2 Å². The van der Waals surface area contributed by atoms with Gasteiger partial charge in [0.05, 0.1) is 12.9 Å². The second-order valence-corrected chi connectivity index (χ2v) is 4.79. The van der Waals surface area contributed by atoms with Crippen LogP contribution in [0.25, 0.3) is 5.69 Å². The molecule has 0 radical (unpaired) electrons. The number of hydrogen-bond donors (Lipinski definition) is 2. The Morgan fingerprint density at radius 3 is 2.67 bits per heavy atom. The lowest BCUT2D eigenvalue weighted by Crippen LogP contribution is -2.03. The van der Waals surface area contributed by atoms with Gasteiger partial charge in [0.15, 0.2) is 0 Å². The number of pyridine rings is 1. The molecule has 3 aromatic rings. The first-order valence-electron chi connectivity index (χ1n) is 6.70. The molecule has 0 aliphatic carbocycles. The molecule has 5 heteroatoms. The Labute approximate surface area is 122 Å². The SMILES string of the molecule is Cc1ccc(O)c(CNc2ccc(-n3ccnc3)cc2)n1. The van der Waals surface area contributed by atoms with Gasteiger partial charge in [-0.1, -0.05) is 0 Å². The molecule has 1 aromatic carbocycles. The molecule has 3 rings (SSSR count). The highest BCUT2D eigenvalue weighted by Crippen LogP contribution is 2.18. The zero-order valence-corrected chi connectivity index (χ0v) is 11.7. The van der Waals surface area contributed by atoms with Crippen LogP contribution in [0.4, 0.5) is 5.69 Å². The van der Waals surface area contributed by atoms with Gasteiger partial charge >= 0.3 is 0 Å². The van der Waals surface area contributed by atoms with E-state index in [0.717, 1.165) is 17.1 Å². The number of rotatable bonds is 4. The van der Waals surface area contributed by atoms with Crippen molar-refractivity contribution >= 4 is 5.69 Å². The molecule has 0 saturated carbocycles. The van der Waals surface area contributed by atoms with Gasteiger partial charge in [-0.3, -0.25) is 4.98 Å². The first kappa shape index (κ1) is 13.2. The molecule has 2 heterocycles. The third-order valence-electron chi connectivity index (χ3n) is 3.22. The minimum absolute atomic E-state index is 0.211. The number of hydrogen-bond acceptors (Lipinski definition) is 4. The topological polar surface area (TPSA) is 63.0 Å². The largest absolute Gasteiger partial charge is 0.506 e. The maximum Gasteiger partial charge on any atom is 0.138 e. The van der Waals surface area contributed by atoms with E-state index < -0.39 is 0 Å². The van der Waals surface area contributed by atoms with E-state index in [4.69, 9.17) is 0 Å². The van der Waals surface area contributed by atoms with Gasteiger partial charge in [0.2, 0.25) is 0 Å². The standard InChI is InChI=1S/C16H16N4O/c1-12-2-7-16(21)15(19-12)10-18-13-3-5-14(6-4-13)20-9-8-17-11-20/h2-9,11,18,21H,10H2,1H3. The number of aromatic hydroxyl groups is 1. The van der Waals surface area contributed by atoms with E-state index >= 15 is 0 Å². The number of benzene rings is 1. The van der Waals surface area contributed by atoms with Crippen molar-refractivity contribution in [2.24, 2.45) is 0 Å². The summed E-state index contributed by atoms with van der Waals surface area (Å²) in [4.78, 5) is 8.35. The first-order chi connectivity index (χ1) is 10.2. The highest BCUT2D eigenvalue weighted by molar-refractivity contribution is 5.49. The van der Waals surface area contributed by atoms with Crippen LogP contribution in [0.15, 0.2) is 55.1 Å². The summed E-state index contributed by atoms with van der Waals surface area (Å²) >= 11 is 0. The van der Waals surface area contributed by atoms with Crippen LogP contribution >= 0.6 is 0 Å². The van der Waals surface area contributed by atoms with E-state index in [1.165, 1.54) is 0 Å². The summed E-state index contributed by atoms with van der Waals surface area (Å²) in [6.45, 7) is 2.39. The lowest BCUT2D eigenvalue weighted by molar-refractivity contribution is 0.464. The average molecular weight is 280 g/mol. The highest BCUT2D eigenvalue weighted by Gasteiger charge is 2.03. The fourth-order valence-electron chi connectivity index (χ4n) is 2.08. The van der Waals surface area contributed by atoms with Crippen LogP contribution in [0.5, 0.6) is 5.75 Å². The van der Waals surface area contributed by atoms with Crippen LogP contribution < -0.4 is 5.32 Å². The molecular formula is C16H16N4O. The molecular weight excluding hydrogens is 264 g/mol. The maximum atomic E-state index is 9.77. The van der Waals surface area contributed by atoms with E-state index in [2.05, 4.69) is 15.3 Å². The summed E-state index contributed by atoms with van der Waals surface area (Å²) in [6, 6.07) is 11.5. The molecule has 0 fully saturated rings. The molecule has 5 nitrogen and oxygen atoms in total. The number of nitrogens with one attached hydrogen (secondary N) is 1. The number of aromatic nitrogens is 3. The molecule has 0 bridgehead atoms. The zero-order chi connectivity index (χ0) is 14.7. The fraction of sp³-hybridized carbons (Fsp3) is 0.125. The number of aryl methyl sites for hydroxylation is 1. The number of anilines is 1. The predicted octanol–water partition coefficient (Wildman–Crippen LogP) is 2.89. The van der Waals surface area contributed by atoms with Crippen molar-refractivity contribution in [3.05, 3.63) is 66.5 Å². The van der Waals surface area contributed by atoms with Gasteiger partial charge in [-0.25, -0.2) is 4.98 Å². The van der Waals surface area contributed by atoms with Crippen LogP contribution in [0.3, 0.4) is 0 Å². The quantitative estimate of drug-likeness (QED) is 0.771. The maximum absolute atomic E-state index is 9.77. The van der Waals surface area contributed by atoms with E-state index in [9.17, 15) is 5.11 Å². The van der Waals surface area contributed by atoms with Crippen LogP contribution in [-0.2, 0) is 6.54 Å². The van der Waals surface area contributed by atoms with Crippen molar-refractivity contribution in [3.63, 3.8) is 0 Å². The van der Waals surface area contributed by atoms with Gasteiger partial charge in [0, 0.05) is 29.5 Å². The van der Waals surface area contributed by atoms with Crippen molar-refractivity contribution in [1.82, 2.24) is 14.5 Å². The van der Waals surface area contributed by atoms with Crippen LogP contribution in [0, 0.1) is 6.92 Å². The van der Waals surface area contributed by atoms with Crippen molar-refractivity contribution in [2.45, 2.75) is 13.5 Å². The summed E-state index contributed by atoms with van der Waals surface area (Å²) in [7, 11) is 0. The third kappa shape index (κ3) is 3.02. The Hall–Kier alpha value is -2.82. The average Bonchev–Trinajstić information content (AvgIpc) is 3.03. The Morgan fingerprint density at radius 2 is 1.95 bits per heavy atom. The van der Waals surface area contributed by atoms with E-state index in [1.54, 1.807) is 24.7 Å². The Kier molecular flexibility index (Phi) is 3.55. The Bertz CT molecular complexity index is 721. The molecule has 0 amide bonds. The van der Waals surface area contributed by atoms with Gasteiger partial charge in [-0.2, -0.15) is 0 Å². The normalized spacial score (nSPS) is 10.5. The van der Waals surface area contributed by atoms with Crippen molar-refractivity contribution in [3.8, 4) is 11.4 Å². The van der Waals surface area contributed by atoms with Gasteiger partial charge in [0.1, 0.15) is 11.4 Å². The molecule has 2 N–H and O–H groups in total. The van der Waals surface area contributed by atoms with E-state index in [1.807, 2.05) is 42.0 Å². The summed E-state index contributed by atoms with van der Waals surface area (Å²) < 4.78 is 1.94. The Morgan fingerprint density at radius 1 is 1.14 bits per heavy atom. The Balaban J connectivity index is 1.70. The minimum Gasteiger partial charge on any atom is -0.506 e. The molecule has 0 saturated heterocycles. The fourth-order valence-corrected chi connectivity index (χ4v) is 2.08. The summed E-state index contributed by atoms with van der Waals surface area (Å²) in [5.74, 6) is 0.211. The molecule has 0 unspecified atom stereocenters. The smallest absolute Gasteiger partial charge is 0.138 e. The molecule has 0 atom stereocenters. The van der Waals surface area contributed by atoms with Crippen molar-refractivity contribution < 1.29 is 5.11 Å².